The van der Waals surface area contributed by atoms with Gasteiger partial charge in [-0.2, -0.15) is 0 Å². The predicted octanol–water partition coefficient (Wildman–Crippen LogP) is 0.946. The summed E-state index contributed by atoms with van der Waals surface area (Å²) in [5, 5.41) is 26.3. The van der Waals surface area contributed by atoms with E-state index in [-0.39, 0.29) is 48.0 Å². The van der Waals surface area contributed by atoms with Crippen molar-refractivity contribution in [2.45, 2.75) is 109 Å². The topological polar surface area (TPSA) is 375 Å². The molecule has 1 fully saturated rings. The molecular weight excluding hydrogens is 939 g/mol. The van der Waals surface area contributed by atoms with E-state index in [0.29, 0.717) is 5.75 Å². The molecule has 2 unspecified atom stereocenters. The number of unbranched alkanes of at least 4 members (excludes halogenated alkanes) is 4. The minimum atomic E-state index is -5.92. The average molecular weight is 996 g/mol. The van der Waals surface area contributed by atoms with E-state index in [9.17, 15) is 57.9 Å². The number of aliphatic hydroxyl groups excluding tert-OH is 2. The molecule has 2 aromatic rings. The molecular formula is C37H56N7O17P3S-4. The molecule has 0 saturated carbocycles. The Bertz CT molecular complexity index is 2100. The van der Waals surface area contributed by atoms with E-state index in [2.05, 4.69) is 74.7 Å². The summed E-state index contributed by atoms with van der Waals surface area (Å²) in [5.41, 5.74) is 4.07. The molecule has 28 heteroatoms. The quantitative estimate of drug-likeness (QED) is 0.0413. The number of allylic oxidation sites excluding steroid dienone is 6. The first kappa shape index (κ1) is 56.1. The molecule has 0 aliphatic carbocycles. The Morgan fingerprint density at radius 2 is 1.65 bits per heavy atom. The number of fused-ring (bicyclic) bond motifs is 1. The van der Waals surface area contributed by atoms with Crippen molar-refractivity contribution in [3.8, 4) is 0 Å². The number of aliphatic hydroxyl groups is 2. The Hall–Kier alpha value is -3.22. The van der Waals surface area contributed by atoms with Crippen LogP contribution in [0.15, 0.2) is 49.1 Å². The minimum Gasteiger partial charge on any atom is -0.790 e. The number of imidazole rings is 1. The number of aromatic nitrogens is 4. The van der Waals surface area contributed by atoms with Crippen LogP contribution >= 0.6 is 35.2 Å². The van der Waals surface area contributed by atoms with Gasteiger partial charge in [0.2, 0.25) is 11.8 Å². The molecule has 0 aromatic carbocycles. The normalized spacial score (nSPS) is 20.7. The fraction of sp³-hybridized carbons (Fsp3) is 0.622. The summed E-state index contributed by atoms with van der Waals surface area (Å²) in [6.07, 6.45) is 12.5. The van der Waals surface area contributed by atoms with Crippen molar-refractivity contribution in [2.75, 3.05) is 37.8 Å². The second-order valence-electron chi connectivity index (χ2n) is 15.1. The lowest BCUT2D eigenvalue weighted by atomic mass is 9.87. The van der Waals surface area contributed by atoms with Crippen molar-refractivity contribution in [3.63, 3.8) is 0 Å². The van der Waals surface area contributed by atoms with Crippen LogP contribution in [0.3, 0.4) is 0 Å². The number of nitrogens with one attached hydrogen (secondary N) is 2. The second-order valence-corrected chi connectivity index (χ2v) is 20.3. The molecule has 0 bridgehead atoms. The number of rotatable bonds is 30. The third-order valence-corrected chi connectivity index (χ3v) is 13.2. The van der Waals surface area contributed by atoms with Gasteiger partial charge in [-0.3, -0.25) is 28.1 Å². The number of phosphoric ester groups is 3. The molecule has 1 saturated heterocycles. The van der Waals surface area contributed by atoms with E-state index in [1.165, 1.54) is 33.1 Å². The van der Waals surface area contributed by atoms with E-state index in [0.717, 1.165) is 54.7 Å². The van der Waals surface area contributed by atoms with Gasteiger partial charge in [-0.25, -0.2) is 19.3 Å². The molecule has 0 spiro atoms. The predicted molar refractivity (Wildman–Crippen MR) is 228 cm³/mol. The highest BCUT2D eigenvalue weighted by molar-refractivity contribution is 8.13. The number of phosphoric acid groups is 3. The van der Waals surface area contributed by atoms with Crippen LogP contribution in [0.2, 0.25) is 0 Å². The number of nitrogens with zero attached hydrogens (tertiary/aromatic N) is 4. The number of ether oxygens (including phenoxy) is 1. The highest BCUT2D eigenvalue weighted by Gasteiger charge is 2.47. The number of carbonyl (C=O) groups excluding carboxylic acids is 3. The molecule has 0 radical (unpaired) electrons. The van der Waals surface area contributed by atoms with Crippen LogP contribution in [0, 0.1) is 5.41 Å². The van der Waals surface area contributed by atoms with Gasteiger partial charge in [0.05, 0.1) is 27.4 Å². The van der Waals surface area contributed by atoms with Gasteiger partial charge in [-0.05, 0) is 32.1 Å². The summed E-state index contributed by atoms with van der Waals surface area (Å²) in [6.45, 7) is 2.28. The maximum Gasteiger partial charge on any atom is 0.274 e. The Morgan fingerprint density at radius 3 is 2.34 bits per heavy atom. The maximum absolute atomic E-state index is 12.6. The monoisotopic (exact) mass is 995 g/mol. The van der Waals surface area contributed by atoms with E-state index < -0.39 is 84.6 Å². The van der Waals surface area contributed by atoms with Gasteiger partial charge >= 0.3 is 0 Å². The number of nitrogen functional groups attached to an aromatic ring is 1. The van der Waals surface area contributed by atoms with Crippen LogP contribution in [0.1, 0.15) is 84.8 Å². The third kappa shape index (κ3) is 20.3. The van der Waals surface area contributed by atoms with Crippen LogP contribution in [0.4, 0.5) is 5.82 Å². The first-order valence-corrected chi connectivity index (χ1v) is 25.8. The Balaban J connectivity index is 1.35. The van der Waals surface area contributed by atoms with Gasteiger partial charge in [0.1, 0.15) is 36.3 Å². The molecule has 24 nitrogen and oxygen atoms in total. The number of hydrogen-bond donors (Lipinski definition) is 5. The Labute approximate surface area is 380 Å². The number of thioether (sulfide) groups is 1. The second kappa shape index (κ2) is 26.9. The molecule has 6 N–H and O–H groups in total. The first-order valence-electron chi connectivity index (χ1n) is 20.5. The van der Waals surface area contributed by atoms with E-state index in [1.807, 2.05) is 12.2 Å². The number of carbonyl (C=O) groups is 3. The largest absolute Gasteiger partial charge is 0.790 e. The highest BCUT2D eigenvalue weighted by Crippen LogP contribution is 2.56. The van der Waals surface area contributed by atoms with E-state index in [4.69, 9.17) is 10.5 Å². The van der Waals surface area contributed by atoms with Crippen LogP contribution in [0.25, 0.3) is 11.2 Å². The standard InChI is InChI=1S/C37H60N7O17P3S/c1-4-5-6-7-8-9-10-11-12-13-14-15-16-17-28(46)65-21-20-39-27(45)18-19-40-35(49)32(48)37(2,3)23-58-64(55,56)61-63(53,54)57-22-26-31(60-62(50,51)52)30(47)36(59-26)44-25-43-29-33(38)41-24-42-34(29)44/h8-9,11-12,15-16,24-26,30-32,36,47-48H,4-7,10,13-14,17-23H2,1-3H3,(H,39,45)(H,40,49)(H,53,54)(H,55,56)(H2,38,41,42)(H2,50,51,52)/p-4/b9-8-,12-11-,16-15+/t26-,30-,31-,32+,36-/m1/s1. The van der Waals surface area contributed by atoms with Crippen LogP contribution in [-0.4, -0.2) is 103 Å². The van der Waals surface area contributed by atoms with Crippen LogP contribution in [-0.2, 0) is 50.7 Å². The summed E-state index contributed by atoms with van der Waals surface area (Å²) >= 11 is 1.07. The SMILES string of the molecule is CCCCC/C=C\C/C=C\CC/C=C/CC(=O)SCCNC(=O)CCNC(=O)[C@H](O)C(C)(C)COP(=O)([O-])OP(=O)([O-])OC[C@H]1O[C@@H](n2cnc3c(N)ncnc32)[C@H](O)[C@@H]1OP(=O)([O-])[O-]. The maximum atomic E-state index is 12.6. The fourth-order valence-electron chi connectivity index (χ4n) is 5.84. The number of hydrogen-bond acceptors (Lipinski definition) is 22. The lowest BCUT2D eigenvalue weighted by molar-refractivity contribution is -0.347. The van der Waals surface area contributed by atoms with Crippen molar-refractivity contribution < 1.29 is 80.5 Å². The van der Waals surface area contributed by atoms with Crippen molar-refractivity contribution in [1.82, 2.24) is 30.2 Å². The molecule has 65 heavy (non-hydrogen) atoms. The van der Waals surface area contributed by atoms with Crippen LogP contribution < -0.4 is 35.9 Å². The molecule has 3 rings (SSSR count). The smallest absolute Gasteiger partial charge is 0.274 e. The first-order chi connectivity index (χ1) is 30.6. The van der Waals surface area contributed by atoms with Crippen molar-refractivity contribution >= 4 is 69.1 Å². The van der Waals surface area contributed by atoms with Gasteiger partial charge in [0.15, 0.2) is 22.8 Å². The highest BCUT2D eigenvalue weighted by atomic mass is 32.2. The summed E-state index contributed by atoms with van der Waals surface area (Å²) in [4.78, 5) is 96.6. The lowest BCUT2D eigenvalue weighted by Gasteiger charge is -2.36. The van der Waals surface area contributed by atoms with E-state index >= 15 is 0 Å². The number of anilines is 1. The summed E-state index contributed by atoms with van der Waals surface area (Å²) in [7, 11) is -17.6. The number of amides is 2. The molecule has 2 aromatic heterocycles. The Kier molecular flexibility index (Phi) is 23.3. The van der Waals surface area contributed by atoms with Gasteiger partial charge < -0.3 is 69.0 Å². The summed E-state index contributed by atoms with van der Waals surface area (Å²) in [6, 6.07) is 0. The lowest BCUT2D eigenvalue weighted by Crippen LogP contribution is -2.46. The molecule has 2 amide bonds. The summed E-state index contributed by atoms with van der Waals surface area (Å²) in [5.74, 6) is -1.22. The zero-order chi connectivity index (χ0) is 48.3. The molecule has 1 aliphatic rings. The molecule has 366 valence electrons. The van der Waals surface area contributed by atoms with Gasteiger partial charge in [0, 0.05) is 37.1 Å². The third-order valence-electron chi connectivity index (χ3n) is 9.27. The van der Waals surface area contributed by atoms with Gasteiger partial charge in [-0.15, -0.1) is 0 Å². The Morgan fingerprint density at radius 1 is 0.969 bits per heavy atom. The van der Waals surface area contributed by atoms with Crippen molar-refractivity contribution in [1.29, 1.82) is 0 Å². The zero-order valence-corrected chi connectivity index (χ0v) is 39.5. The minimum absolute atomic E-state index is 0.0215. The van der Waals surface area contributed by atoms with Gasteiger partial charge in [-0.1, -0.05) is 81.8 Å². The summed E-state index contributed by atoms with van der Waals surface area (Å²) < 4.78 is 60.7. The van der Waals surface area contributed by atoms with Crippen molar-refractivity contribution in [2.24, 2.45) is 5.41 Å². The zero-order valence-electron chi connectivity index (χ0n) is 36.0. The fourth-order valence-corrected chi connectivity index (χ4v) is 9.22. The van der Waals surface area contributed by atoms with Gasteiger partial charge in [0.25, 0.3) is 15.6 Å². The van der Waals surface area contributed by atoms with E-state index in [1.54, 1.807) is 0 Å². The molecule has 1 aliphatic heterocycles. The average Bonchev–Trinajstić information content (AvgIpc) is 3.79. The number of nitrogens with two attached hydrogens (primary N) is 1. The van der Waals surface area contributed by atoms with Crippen LogP contribution in [0.5, 0.6) is 0 Å². The van der Waals surface area contributed by atoms with Crippen molar-refractivity contribution in [3.05, 3.63) is 49.1 Å². The molecule has 7 atom stereocenters. The molecule has 3 heterocycles.